The Morgan fingerprint density at radius 1 is 0.892 bits per heavy atom. The number of carbonyl (C=O) groups excluding carboxylic acids is 2. The summed E-state index contributed by atoms with van der Waals surface area (Å²) in [5, 5.41) is 3.25. The van der Waals surface area contributed by atoms with E-state index in [2.05, 4.69) is 21.2 Å². The molecule has 0 spiro atoms. The molecule has 0 bridgehead atoms. The summed E-state index contributed by atoms with van der Waals surface area (Å²) in [5.74, 6) is 0.684. The van der Waals surface area contributed by atoms with Gasteiger partial charge in [0.2, 0.25) is 11.8 Å². The topological polar surface area (TPSA) is 58.6 Å². The molecule has 0 aliphatic heterocycles. The first-order chi connectivity index (χ1) is 18.1. The Balaban J connectivity index is 1.52. The Labute approximate surface area is 228 Å². The van der Waals surface area contributed by atoms with Crippen molar-refractivity contribution in [2.75, 3.05) is 6.61 Å². The van der Waals surface area contributed by atoms with Crippen molar-refractivity contribution >= 4 is 27.7 Å². The number of halogens is 1. The van der Waals surface area contributed by atoms with Crippen LogP contribution in [0.3, 0.4) is 0 Å². The highest BCUT2D eigenvalue weighted by atomic mass is 79.9. The van der Waals surface area contributed by atoms with E-state index >= 15 is 0 Å². The van der Waals surface area contributed by atoms with Gasteiger partial charge >= 0.3 is 0 Å². The van der Waals surface area contributed by atoms with Crippen molar-refractivity contribution in [1.29, 1.82) is 0 Å². The standard InChI is InChI=1S/C31H35BrN2O3/c32-26-19-17-25(18-20-26)23-34(30(35)16-9-21-37-28-14-5-2-6-15-28)29(22-24-10-3-1-4-11-24)31(36)33-27-12-7-8-13-27/h1-6,10-11,14-15,17-20,27,29H,7-9,12-13,16,21-23H2,(H,33,36). The Morgan fingerprint density at radius 3 is 2.22 bits per heavy atom. The maximum Gasteiger partial charge on any atom is 0.243 e. The third kappa shape index (κ3) is 8.46. The second kappa shape index (κ2) is 14.0. The third-order valence-corrected chi connectivity index (χ3v) is 7.31. The molecule has 3 aromatic carbocycles. The van der Waals surface area contributed by atoms with E-state index in [9.17, 15) is 9.59 Å². The molecule has 0 saturated heterocycles. The predicted octanol–water partition coefficient (Wildman–Crippen LogP) is 6.31. The number of para-hydroxylation sites is 1. The number of carbonyl (C=O) groups is 2. The zero-order valence-electron chi connectivity index (χ0n) is 21.2. The first-order valence-electron chi connectivity index (χ1n) is 13.1. The normalized spacial score (nSPS) is 14.2. The summed E-state index contributed by atoms with van der Waals surface area (Å²) in [6.07, 6.45) is 5.64. The summed E-state index contributed by atoms with van der Waals surface area (Å²) in [4.78, 5) is 29.1. The molecular formula is C31H35BrN2O3. The average Bonchev–Trinajstić information content (AvgIpc) is 3.44. The van der Waals surface area contributed by atoms with Crippen molar-refractivity contribution in [3.05, 3.63) is 101 Å². The van der Waals surface area contributed by atoms with E-state index in [0.29, 0.717) is 32.4 Å². The average molecular weight is 564 g/mol. The Hall–Kier alpha value is -3.12. The maximum atomic E-state index is 13.7. The molecule has 1 fully saturated rings. The third-order valence-electron chi connectivity index (χ3n) is 6.79. The van der Waals surface area contributed by atoms with Gasteiger partial charge in [0.05, 0.1) is 6.61 Å². The van der Waals surface area contributed by atoms with Crippen LogP contribution in [0.5, 0.6) is 5.75 Å². The van der Waals surface area contributed by atoms with Gasteiger partial charge < -0.3 is 15.0 Å². The summed E-state index contributed by atoms with van der Waals surface area (Å²) >= 11 is 3.49. The number of amides is 2. The van der Waals surface area contributed by atoms with Gasteiger partial charge in [0.1, 0.15) is 11.8 Å². The van der Waals surface area contributed by atoms with Crippen LogP contribution < -0.4 is 10.1 Å². The number of hydrogen-bond acceptors (Lipinski definition) is 3. The highest BCUT2D eigenvalue weighted by molar-refractivity contribution is 9.10. The van der Waals surface area contributed by atoms with Gasteiger partial charge in [-0.2, -0.15) is 0 Å². The Morgan fingerprint density at radius 2 is 1.54 bits per heavy atom. The van der Waals surface area contributed by atoms with E-state index in [4.69, 9.17) is 4.74 Å². The van der Waals surface area contributed by atoms with E-state index in [0.717, 1.165) is 47.0 Å². The minimum atomic E-state index is -0.589. The van der Waals surface area contributed by atoms with Gasteiger partial charge in [-0.3, -0.25) is 9.59 Å². The lowest BCUT2D eigenvalue weighted by Gasteiger charge is -2.32. The SMILES string of the molecule is O=C(NC1CCCC1)C(Cc1ccccc1)N(Cc1ccc(Br)cc1)C(=O)CCCOc1ccccc1. The summed E-state index contributed by atoms with van der Waals surface area (Å²) in [7, 11) is 0. The molecule has 1 atom stereocenters. The number of hydrogen-bond donors (Lipinski definition) is 1. The first-order valence-corrected chi connectivity index (χ1v) is 13.9. The summed E-state index contributed by atoms with van der Waals surface area (Å²) in [6, 6.07) is 27.1. The van der Waals surface area contributed by atoms with E-state index in [1.807, 2.05) is 84.9 Å². The van der Waals surface area contributed by atoms with Crippen LogP contribution in [0.4, 0.5) is 0 Å². The molecular weight excluding hydrogens is 528 g/mol. The molecule has 1 N–H and O–H groups in total. The van der Waals surface area contributed by atoms with Crippen LogP contribution in [0.25, 0.3) is 0 Å². The van der Waals surface area contributed by atoms with Crippen molar-refractivity contribution in [2.24, 2.45) is 0 Å². The van der Waals surface area contributed by atoms with Crippen molar-refractivity contribution in [1.82, 2.24) is 10.2 Å². The Kier molecular flexibility index (Phi) is 10.2. The van der Waals surface area contributed by atoms with Gasteiger partial charge in [0.15, 0.2) is 0 Å². The molecule has 1 unspecified atom stereocenters. The second-order valence-corrected chi connectivity index (χ2v) is 10.5. The lowest BCUT2D eigenvalue weighted by Crippen LogP contribution is -2.52. The zero-order valence-corrected chi connectivity index (χ0v) is 22.7. The molecule has 0 heterocycles. The van der Waals surface area contributed by atoms with Crippen LogP contribution in [0.1, 0.15) is 49.7 Å². The second-order valence-electron chi connectivity index (χ2n) is 9.61. The number of rotatable bonds is 12. The van der Waals surface area contributed by atoms with E-state index in [-0.39, 0.29) is 17.9 Å². The number of nitrogens with one attached hydrogen (secondary N) is 1. The highest BCUT2D eigenvalue weighted by Gasteiger charge is 2.31. The summed E-state index contributed by atoms with van der Waals surface area (Å²) in [6.45, 7) is 0.820. The molecule has 6 heteroatoms. The fourth-order valence-corrected chi connectivity index (χ4v) is 5.05. The van der Waals surface area contributed by atoms with Gasteiger partial charge in [0.25, 0.3) is 0 Å². The smallest absolute Gasteiger partial charge is 0.243 e. The monoisotopic (exact) mass is 562 g/mol. The van der Waals surface area contributed by atoms with E-state index in [1.165, 1.54) is 0 Å². The van der Waals surface area contributed by atoms with Crippen LogP contribution in [0, 0.1) is 0 Å². The number of benzene rings is 3. The quantitative estimate of drug-likeness (QED) is 0.263. The minimum absolute atomic E-state index is 0.0397. The summed E-state index contributed by atoms with van der Waals surface area (Å²) < 4.78 is 6.78. The van der Waals surface area contributed by atoms with Crippen LogP contribution >= 0.6 is 15.9 Å². The molecule has 1 aliphatic rings. The fraction of sp³-hybridized carbons (Fsp3) is 0.355. The van der Waals surface area contributed by atoms with E-state index in [1.54, 1.807) is 4.90 Å². The molecule has 5 nitrogen and oxygen atoms in total. The molecule has 4 rings (SSSR count). The summed E-state index contributed by atoms with van der Waals surface area (Å²) in [5.41, 5.74) is 2.03. The van der Waals surface area contributed by atoms with Gasteiger partial charge in [-0.05, 0) is 54.7 Å². The van der Waals surface area contributed by atoms with Gasteiger partial charge in [-0.25, -0.2) is 0 Å². The largest absolute Gasteiger partial charge is 0.494 e. The zero-order chi connectivity index (χ0) is 25.9. The van der Waals surface area contributed by atoms with Crippen molar-refractivity contribution in [3.63, 3.8) is 0 Å². The lowest BCUT2D eigenvalue weighted by molar-refractivity contribution is -0.141. The maximum absolute atomic E-state index is 13.7. The predicted molar refractivity (Wildman–Crippen MR) is 150 cm³/mol. The van der Waals surface area contributed by atoms with Crippen LogP contribution in [-0.2, 0) is 22.6 Å². The van der Waals surface area contributed by atoms with Crippen molar-refractivity contribution < 1.29 is 14.3 Å². The molecule has 1 aliphatic carbocycles. The van der Waals surface area contributed by atoms with Crippen LogP contribution in [0.2, 0.25) is 0 Å². The van der Waals surface area contributed by atoms with Gasteiger partial charge in [0, 0.05) is 29.9 Å². The molecule has 2 amide bonds. The van der Waals surface area contributed by atoms with Crippen molar-refractivity contribution in [3.8, 4) is 5.75 Å². The molecule has 1 saturated carbocycles. The van der Waals surface area contributed by atoms with Crippen molar-refractivity contribution in [2.45, 2.75) is 63.6 Å². The number of nitrogens with zero attached hydrogens (tertiary/aromatic N) is 1. The molecule has 194 valence electrons. The van der Waals surface area contributed by atoms with Crippen LogP contribution in [0.15, 0.2) is 89.4 Å². The fourth-order valence-electron chi connectivity index (χ4n) is 4.78. The molecule has 0 radical (unpaired) electrons. The lowest BCUT2D eigenvalue weighted by atomic mass is 10.0. The van der Waals surface area contributed by atoms with Gasteiger partial charge in [-0.1, -0.05) is 89.4 Å². The number of ether oxygens (including phenoxy) is 1. The van der Waals surface area contributed by atoms with Gasteiger partial charge in [-0.15, -0.1) is 0 Å². The Bertz CT molecular complexity index is 1120. The first kappa shape index (κ1) is 26.9. The molecule has 3 aromatic rings. The van der Waals surface area contributed by atoms with Crippen LogP contribution in [-0.4, -0.2) is 35.4 Å². The highest BCUT2D eigenvalue weighted by Crippen LogP contribution is 2.21. The molecule has 37 heavy (non-hydrogen) atoms. The molecule has 0 aromatic heterocycles. The minimum Gasteiger partial charge on any atom is -0.494 e. The van der Waals surface area contributed by atoms with E-state index < -0.39 is 6.04 Å².